The van der Waals surface area contributed by atoms with E-state index in [-0.39, 0.29) is 30.4 Å². The van der Waals surface area contributed by atoms with Gasteiger partial charge in [-0.15, -0.1) is 6.42 Å². The van der Waals surface area contributed by atoms with E-state index in [1.54, 1.807) is 36.1 Å². The Morgan fingerprint density at radius 2 is 2.11 bits per heavy atom. The van der Waals surface area contributed by atoms with E-state index in [1.165, 1.54) is 24.1 Å². The first-order valence-corrected chi connectivity index (χ1v) is 11.6. The molecular formula is C27H27FN4O4. The second kappa shape index (κ2) is 8.57. The number of hydrogen-bond donors (Lipinski definition) is 2. The van der Waals surface area contributed by atoms with Crippen LogP contribution in [0.15, 0.2) is 36.4 Å². The average Bonchev–Trinajstić information content (AvgIpc) is 3.29. The first-order chi connectivity index (χ1) is 17.2. The molecule has 1 fully saturated rings. The number of halogens is 1. The number of rotatable bonds is 6. The number of H-pyrrole nitrogens is 1. The van der Waals surface area contributed by atoms with E-state index in [1.807, 2.05) is 11.9 Å². The number of carbonyl (C=O) groups excluding carboxylic acids is 2. The molecule has 2 aliphatic heterocycles. The van der Waals surface area contributed by atoms with E-state index in [2.05, 4.69) is 10.9 Å². The van der Waals surface area contributed by atoms with Crippen LogP contribution in [0.3, 0.4) is 0 Å². The minimum atomic E-state index is -1.25. The largest absolute Gasteiger partial charge is 0.508 e. The molecule has 0 unspecified atom stereocenters. The molecule has 2 aliphatic rings. The maximum atomic E-state index is 15.5. The van der Waals surface area contributed by atoms with E-state index in [0.29, 0.717) is 40.8 Å². The van der Waals surface area contributed by atoms with Crippen LogP contribution in [-0.2, 0) is 11.2 Å². The van der Waals surface area contributed by atoms with Gasteiger partial charge in [-0.2, -0.15) is 0 Å². The van der Waals surface area contributed by atoms with Gasteiger partial charge in [0.2, 0.25) is 0 Å². The molecule has 1 aromatic heterocycles. The van der Waals surface area contributed by atoms with Gasteiger partial charge in [0.1, 0.15) is 17.3 Å². The number of imide groups is 1. The van der Waals surface area contributed by atoms with Gasteiger partial charge in [0.05, 0.1) is 13.7 Å². The third kappa shape index (κ3) is 3.40. The van der Waals surface area contributed by atoms with E-state index in [4.69, 9.17) is 11.2 Å². The van der Waals surface area contributed by atoms with Crippen LogP contribution >= 0.6 is 0 Å². The van der Waals surface area contributed by atoms with Crippen LogP contribution in [0.2, 0.25) is 0 Å². The molecule has 2 aromatic carbocycles. The Morgan fingerprint density at radius 1 is 1.33 bits per heavy atom. The molecule has 3 aromatic rings. The lowest BCUT2D eigenvalue weighted by molar-refractivity contribution is -0.133. The summed E-state index contributed by atoms with van der Waals surface area (Å²) < 4.78 is 20.7. The van der Waals surface area contributed by atoms with Crippen molar-refractivity contribution in [3.05, 3.63) is 59.0 Å². The summed E-state index contributed by atoms with van der Waals surface area (Å²) in [5.74, 6) is 1.79. The Morgan fingerprint density at radius 3 is 2.81 bits per heavy atom. The van der Waals surface area contributed by atoms with Gasteiger partial charge in [-0.1, -0.05) is 18.1 Å². The lowest BCUT2D eigenvalue weighted by atomic mass is 9.81. The number of aromatic amines is 1. The van der Waals surface area contributed by atoms with Crippen LogP contribution in [0, 0.1) is 18.2 Å². The summed E-state index contributed by atoms with van der Waals surface area (Å²) >= 11 is 0. The molecule has 0 spiro atoms. The normalized spacial score (nSPS) is 21.2. The van der Waals surface area contributed by atoms with Crippen molar-refractivity contribution in [1.82, 2.24) is 19.7 Å². The Hall–Kier alpha value is -4.03. The Bertz CT molecular complexity index is 1430. The number of aromatic hydroxyl groups is 1. The number of fused-ring (bicyclic) bond motifs is 4. The summed E-state index contributed by atoms with van der Waals surface area (Å²) in [5, 5.41) is 10.6. The quantitative estimate of drug-likeness (QED) is 0.409. The van der Waals surface area contributed by atoms with Crippen LogP contribution < -0.4 is 4.74 Å². The average molecular weight is 491 g/mol. The molecule has 5 rings (SSSR count). The van der Waals surface area contributed by atoms with Crippen molar-refractivity contribution < 1.29 is 23.8 Å². The standard InChI is InChI=1S/C27H27FN4O4/c1-5-11-30(3)12-13-31-25(34)27(2)15-18-21-19(9-10-20(36-4)22(21)28)29-23(18)24(32(27)26(31)35)16-7-6-8-17(33)14-16/h1,6-10,14,24,29,33H,11-13,15H2,2-4H3/t24-,27+/m1/s1. The van der Waals surface area contributed by atoms with Gasteiger partial charge in [-0.3, -0.25) is 19.5 Å². The van der Waals surface area contributed by atoms with E-state index in [9.17, 15) is 14.7 Å². The molecule has 0 radical (unpaired) electrons. The first kappa shape index (κ1) is 23.7. The summed E-state index contributed by atoms with van der Waals surface area (Å²) in [6.45, 7) is 2.70. The van der Waals surface area contributed by atoms with Gasteiger partial charge < -0.3 is 14.8 Å². The Balaban J connectivity index is 1.68. The second-order valence-corrected chi connectivity index (χ2v) is 9.52. The van der Waals surface area contributed by atoms with Crippen molar-refractivity contribution in [3.63, 3.8) is 0 Å². The van der Waals surface area contributed by atoms with Crippen LogP contribution in [0.5, 0.6) is 11.5 Å². The number of ether oxygens (including phenoxy) is 1. The molecular weight excluding hydrogens is 463 g/mol. The maximum Gasteiger partial charge on any atom is 0.328 e. The van der Waals surface area contributed by atoms with Crippen molar-refractivity contribution >= 4 is 22.8 Å². The lowest BCUT2D eigenvalue weighted by Gasteiger charge is -2.42. The summed E-state index contributed by atoms with van der Waals surface area (Å²) in [4.78, 5) is 35.5. The van der Waals surface area contributed by atoms with Crippen LogP contribution in [0.1, 0.15) is 29.8 Å². The SMILES string of the molecule is C#CCN(C)CCN1C(=O)N2[C@H](c3cccc(O)c3)c3[nH]c4ccc(OC)c(F)c4c3C[C@@]2(C)C1=O. The van der Waals surface area contributed by atoms with Gasteiger partial charge in [0, 0.05) is 36.1 Å². The third-order valence-electron chi connectivity index (χ3n) is 7.20. The van der Waals surface area contributed by atoms with E-state index < -0.39 is 23.4 Å². The number of methoxy groups -OCH3 is 1. The molecule has 3 amide bonds. The predicted octanol–water partition coefficient (Wildman–Crippen LogP) is 3.25. The highest BCUT2D eigenvalue weighted by Gasteiger charge is 2.60. The number of phenols is 1. The van der Waals surface area contributed by atoms with Gasteiger partial charge in [-0.25, -0.2) is 9.18 Å². The molecule has 1 saturated heterocycles. The van der Waals surface area contributed by atoms with Crippen molar-refractivity contribution in [2.75, 3.05) is 33.8 Å². The van der Waals surface area contributed by atoms with Crippen molar-refractivity contribution in [3.8, 4) is 23.8 Å². The number of likely N-dealkylation sites (N-methyl/N-ethyl adjacent to an activating group) is 1. The number of nitrogens with one attached hydrogen (secondary N) is 1. The number of benzene rings is 2. The van der Waals surface area contributed by atoms with E-state index >= 15 is 4.39 Å². The molecule has 0 bridgehead atoms. The zero-order valence-electron chi connectivity index (χ0n) is 20.3. The molecule has 0 saturated carbocycles. The number of phenolic OH excluding ortho intramolecular Hbond substituents is 1. The Kier molecular flexibility index (Phi) is 5.64. The fourth-order valence-corrected chi connectivity index (χ4v) is 5.45. The monoisotopic (exact) mass is 490 g/mol. The van der Waals surface area contributed by atoms with E-state index in [0.717, 1.165) is 0 Å². The number of carbonyl (C=O) groups is 2. The molecule has 2 N–H and O–H groups in total. The number of terminal acetylenes is 1. The maximum absolute atomic E-state index is 15.5. The van der Waals surface area contributed by atoms with Gasteiger partial charge in [0.25, 0.3) is 5.91 Å². The Labute approximate surface area is 208 Å². The highest BCUT2D eigenvalue weighted by molar-refractivity contribution is 6.08. The highest BCUT2D eigenvalue weighted by atomic mass is 19.1. The van der Waals surface area contributed by atoms with Gasteiger partial charge in [-0.05, 0) is 49.4 Å². The summed E-state index contributed by atoms with van der Waals surface area (Å²) in [6.07, 6.45) is 5.51. The van der Waals surface area contributed by atoms with Crippen molar-refractivity contribution in [2.45, 2.75) is 24.9 Å². The zero-order chi connectivity index (χ0) is 25.8. The zero-order valence-corrected chi connectivity index (χ0v) is 20.3. The topological polar surface area (TPSA) is 89.1 Å². The predicted molar refractivity (Wildman–Crippen MR) is 132 cm³/mol. The highest BCUT2D eigenvalue weighted by Crippen LogP contribution is 2.49. The molecule has 36 heavy (non-hydrogen) atoms. The molecule has 186 valence electrons. The summed E-state index contributed by atoms with van der Waals surface area (Å²) in [7, 11) is 3.22. The summed E-state index contributed by atoms with van der Waals surface area (Å²) in [5.41, 5.74) is 1.11. The van der Waals surface area contributed by atoms with Crippen molar-refractivity contribution in [2.24, 2.45) is 0 Å². The van der Waals surface area contributed by atoms with Gasteiger partial charge >= 0.3 is 6.03 Å². The van der Waals surface area contributed by atoms with Crippen LogP contribution in [0.4, 0.5) is 9.18 Å². The van der Waals surface area contributed by atoms with Crippen LogP contribution in [-0.4, -0.2) is 76.1 Å². The number of hydrogen-bond acceptors (Lipinski definition) is 5. The summed E-state index contributed by atoms with van der Waals surface area (Å²) in [6, 6.07) is 8.63. The lowest BCUT2D eigenvalue weighted by Crippen LogP contribution is -2.53. The third-order valence-corrected chi connectivity index (χ3v) is 7.20. The van der Waals surface area contributed by atoms with Crippen LogP contribution in [0.25, 0.3) is 10.9 Å². The van der Waals surface area contributed by atoms with Crippen molar-refractivity contribution in [1.29, 1.82) is 0 Å². The number of urea groups is 1. The second-order valence-electron chi connectivity index (χ2n) is 9.52. The molecule has 9 heteroatoms. The molecule has 0 aliphatic carbocycles. The number of nitrogens with zero attached hydrogens (tertiary/aromatic N) is 3. The minimum absolute atomic E-state index is 0.0241. The fourth-order valence-electron chi connectivity index (χ4n) is 5.45. The number of amides is 3. The molecule has 8 nitrogen and oxygen atoms in total. The smallest absolute Gasteiger partial charge is 0.328 e. The fraction of sp³-hybridized carbons (Fsp3) is 0.333. The molecule has 2 atom stereocenters. The molecule has 3 heterocycles. The van der Waals surface area contributed by atoms with Gasteiger partial charge in [0.15, 0.2) is 11.6 Å². The minimum Gasteiger partial charge on any atom is -0.508 e. The first-order valence-electron chi connectivity index (χ1n) is 11.6. The number of aromatic nitrogens is 1.